The Bertz CT molecular complexity index is 981. The monoisotopic (exact) mass is 360 g/mol. The summed E-state index contributed by atoms with van der Waals surface area (Å²) in [6.07, 6.45) is 5.69. The molecule has 0 N–H and O–H groups in total. The van der Waals surface area contributed by atoms with Crippen molar-refractivity contribution < 1.29 is 9.18 Å². The van der Waals surface area contributed by atoms with E-state index >= 15 is 0 Å². The number of hydrogen-bond donors (Lipinski definition) is 0. The van der Waals surface area contributed by atoms with Crippen LogP contribution in [0.15, 0.2) is 60.8 Å². The summed E-state index contributed by atoms with van der Waals surface area (Å²) in [4.78, 5) is 19.9. The van der Waals surface area contributed by atoms with Crippen LogP contribution in [0.1, 0.15) is 47.7 Å². The lowest BCUT2D eigenvalue weighted by atomic mass is 9.85. The predicted octanol–water partition coefficient (Wildman–Crippen LogP) is 4.92. The first-order chi connectivity index (χ1) is 13.2. The fourth-order valence-electron chi connectivity index (χ4n) is 4.93. The van der Waals surface area contributed by atoms with Crippen LogP contribution >= 0.6 is 0 Å². The van der Waals surface area contributed by atoms with Gasteiger partial charge >= 0.3 is 0 Å². The molecule has 2 saturated heterocycles. The molecule has 27 heavy (non-hydrogen) atoms. The molecule has 2 aromatic carbocycles. The number of nitrogens with zero attached hydrogens (tertiary/aromatic N) is 2. The van der Waals surface area contributed by atoms with Crippen molar-refractivity contribution in [3.63, 3.8) is 0 Å². The molecule has 5 rings (SSSR count). The predicted molar refractivity (Wildman–Crippen MR) is 103 cm³/mol. The second kappa shape index (κ2) is 6.45. The van der Waals surface area contributed by atoms with E-state index in [0.717, 1.165) is 36.5 Å². The summed E-state index contributed by atoms with van der Waals surface area (Å²) in [5.74, 6) is 0.251. The minimum absolute atomic E-state index is 0.0526. The van der Waals surface area contributed by atoms with Crippen LogP contribution in [0.4, 0.5) is 4.39 Å². The third-order valence-corrected chi connectivity index (χ3v) is 6.19. The van der Waals surface area contributed by atoms with E-state index in [1.165, 1.54) is 17.7 Å². The topological polar surface area (TPSA) is 33.2 Å². The van der Waals surface area contributed by atoms with Gasteiger partial charge in [0.2, 0.25) is 0 Å². The zero-order chi connectivity index (χ0) is 18.4. The molecule has 136 valence electrons. The van der Waals surface area contributed by atoms with Gasteiger partial charge in [-0.2, -0.15) is 0 Å². The van der Waals surface area contributed by atoms with Crippen LogP contribution in [0.5, 0.6) is 0 Å². The Hall–Kier alpha value is -2.75. The highest BCUT2D eigenvalue weighted by atomic mass is 19.1. The Labute approximate surface area is 157 Å². The Kier molecular flexibility index (Phi) is 3.92. The summed E-state index contributed by atoms with van der Waals surface area (Å²) in [5, 5.41) is 1.97. The molecular weight excluding hydrogens is 339 g/mol. The molecule has 1 aromatic heterocycles. The van der Waals surface area contributed by atoms with Gasteiger partial charge in [-0.1, -0.05) is 36.4 Å². The zero-order valence-electron chi connectivity index (χ0n) is 15.0. The number of aromatic nitrogens is 1. The number of benzene rings is 2. The molecule has 3 atom stereocenters. The van der Waals surface area contributed by atoms with E-state index in [2.05, 4.69) is 9.88 Å². The molecule has 1 amide bonds. The fourth-order valence-corrected chi connectivity index (χ4v) is 4.93. The van der Waals surface area contributed by atoms with Crippen molar-refractivity contribution in [2.45, 2.75) is 43.7 Å². The molecule has 0 spiro atoms. The molecule has 0 saturated carbocycles. The van der Waals surface area contributed by atoms with Crippen molar-refractivity contribution in [3.05, 3.63) is 77.9 Å². The molecule has 2 aliphatic rings. The van der Waals surface area contributed by atoms with Crippen molar-refractivity contribution in [3.8, 4) is 0 Å². The van der Waals surface area contributed by atoms with Crippen molar-refractivity contribution >= 4 is 16.7 Å². The van der Waals surface area contributed by atoms with Gasteiger partial charge in [0.05, 0.1) is 0 Å². The second-order valence-electron chi connectivity index (χ2n) is 7.70. The third-order valence-electron chi connectivity index (χ3n) is 6.19. The number of fused-ring (bicyclic) bond motifs is 3. The van der Waals surface area contributed by atoms with Crippen molar-refractivity contribution in [1.82, 2.24) is 9.88 Å². The first-order valence-corrected chi connectivity index (χ1v) is 9.62. The van der Waals surface area contributed by atoms with Crippen molar-refractivity contribution in [2.75, 3.05) is 0 Å². The number of pyridine rings is 1. The van der Waals surface area contributed by atoms with Crippen molar-refractivity contribution in [2.24, 2.45) is 0 Å². The SMILES string of the molecule is O=C(c1nccc2ccccc12)N1[C@@H]2CC[C@H]1C[C@@H](c1ccc(F)cc1)C2. The van der Waals surface area contributed by atoms with Crippen LogP contribution in [0, 0.1) is 5.82 Å². The lowest BCUT2D eigenvalue weighted by molar-refractivity contribution is 0.0567. The minimum atomic E-state index is -0.198. The van der Waals surface area contributed by atoms with E-state index < -0.39 is 0 Å². The van der Waals surface area contributed by atoms with Crippen LogP contribution in [-0.4, -0.2) is 27.9 Å². The number of halogens is 1. The maximum absolute atomic E-state index is 13.4. The van der Waals surface area contributed by atoms with E-state index in [0.29, 0.717) is 11.6 Å². The number of hydrogen-bond acceptors (Lipinski definition) is 2. The summed E-state index contributed by atoms with van der Waals surface area (Å²) < 4.78 is 13.2. The molecule has 2 fully saturated rings. The summed E-state index contributed by atoms with van der Waals surface area (Å²) in [6.45, 7) is 0. The number of rotatable bonds is 2. The highest BCUT2D eigenvalue weighted by Crippen LogP contribution is 2.43. The molecule has 0 unspecified atom stereocenters. The van der Waals surface area contributed by atoms with Crippen LogP contribution in [0.2, 0.25) is 0 Å². The number of piperidine rings is 1. The highest BCUT2D eigenvalue weighted by Gasteiger charge is 2.44. The first-order valence-electron chi connectivity index (χ1n) is 9.62. The Balaban J connectivity index is 1.44. The molecule has 3 nitrogen and oxygen atoms in total. The number of amides is 1. The van der Waals surface area contributed by atoms with E-state index in [1.807, 2.05) is 42.5 Å². The average molecular weight is 360 g/mol. The molecule has 0 aliphatic carbocycles. The van der Waals surface area contributed by atoms with Gasteiger partial charge in [-0.15, -0.1) is 0 Å². The largest absolute Gasteiger partial charge is 0.331 e. The third kappa shape index (κ3) is 2.80. The van der Waals surface area contributed by atoms with E-state index in [-0.39, 0.29) is 23.8 Å². The van der Waals surface area contributed by atoms with Gasteiger partial charge in [0, 0.05) is 23.7 Å². The maximum Gasteiger partial charge on any atom is 0.273 e. The van der Waals surface area contributed by atoms with E-state index in [4.69, 9.17) is 0 Å². The van der Waals surface area contributed by atoms with Crippen LogP contribution in [0.3, 0.4) is 0 Å². The number of carbonyl (C=O) groups is 1. The summed E-state index contributed by atoms with van der Waals surface area (Å²) >= 11 is 0. The van der Waals surface area contributed by atoms with Gasteiger partial charge in [0.25, 0.3) is 5.91 Å². The van der Waals surface area contributed by atoms with Crippen LogP contribution in [-0.2, 0) is 0 Å². The van der Waals surface area contributed by atoms with Gasteiger partial charge in [-0.05, 0) is 60.7 Å². The zero-order valence-corrected chi connectivity index (χ0v) is 15.0. The first kappa shape index (κ1) is 16.4. The van der Waals surface area contributed by atoms with Crippen LogP contribution in [0.25, 0.3) is 10.8 Å². The average Bonchev–Trinajstić information content (AvgIpc) is 2.97. The highest BCUT2D eigenvalue weighted by molar-refractivity contribution is 6.05. The van der Waals surface area contributed by atoms with E-state index in [9.17, 15) is 9.18 Å². The smallest absolute Gasteiger partial charge is 0.273 e. The lowest BCUT2D eigenvalue weighted by Gasteiger charge is -2.39. The molecular formula is C23H21FN2O. The molecule has 3 heterocycles. The summed E-state index contributed by atoms with van der Waals surface area (Å²) in [7, 11) is 0. The molecule has 0 radical (unpaired) electrons. The van der Waals surface area contributed by atoms with E-state index in [1.54, 1.807) is 6.20 Å². The fraction of sp³-hybridized carbons (Fsp3) is 0.304. The molecule has 4 heteroatoms. The molecule has 3 aromatic rings. The van der Waals surface area contributed by atoms with Gasteiger partial charge in [0.1, 0.15) is 11.5 Å². The van der Waals surface area contributed by atoms with Gasteiger partial charge in [0.15, 0.2) is 0 Å². The van der Waals surface area contributed by atoms with Gasteiger partial charge < -0.3 is 4.90 Å². The minimum Gasteiger partial charge on any atom is -0.331 e. The summed E-state index contributed by atoms with van der Waals surface area (Å²) in [6, 6.07) is 17.2. The molecule has 2 bridgehead atoms. The van der Waals surface area contributed by atoms with Gasteiger partial charge in [-0.25, -0.2) is 4.39 Å². The Morgan fingerprint density at radius 1 is 0.963 bits per heavy atom. The summed E-state index contributed by atoms with van der Waals surface area (Å²) in [5.41, 5.74) is 1.74. The van der Waals surface area contributed by atoms with Gasteiger partial charge in [-0.3, -0.25) is 9.78 Å². The second-order valence-corrected chi connectivity index (χ2v) is 7.70. The van der Waals surface area contributed by atoms with Crippen molar-refractivity contribution in [1.29, 1.82) is 0 Å². The quantitative estimate of drug-likeness (QED) is 0.649. The Morgan fingerprint density at radius 2 is 1.67 bits per heavy atom. The normalized spacial score (nSPS) is 24.3. The lowest BCUT2D eigenvalue weighted by Crippen LogP contribution is -2.46. The number of carbonyl (C=O) groups excluding carboxylic acids is 1. The molecule has 2 aliphatic heterocycles. The Morgan fingerprint density at radius 3 is 2.41 bits per heavy atom. The maximum atomic E-state index is 13.4. The standard InChI is InChI=1S/C23H21FN2O/c24-18-7-5-15(6-8-18)17-13-19-9-10-20(14-17)26(19)23(27)22-21-4-2-1-3-16(21)11-12-25-22/h1-8,11-12,17,19-20H,9-10,13-14H2/t17-,19+,20-. The van der Waals surface area contributed by atoms with Crippen LogP contribution < -0.4 is 0 Å².